The number of anilines is 1. The van der Waals surface area contributed by atoms with Gasteiger partial charge in [-0.3, -0.25) is 4.79 Å². The van der Waals surface area contributed by atoms with Crippen LogP contribution in [-0.2, 0) is 6.42 Å². The van der Waals surface area contributed by atoms with Crippen molar-refractivity contribution in [1.29, 1.82) is 0 Å². The van der Waals surface area contributed by atoms with Crippen molar-refractivity contribution < 1.29 is 9.53 Å². The predicted octanol–water partition coefficient (Wildman–Crippen LogP) is 3.68. The van der Waals surface area contributed by atoms with Crippen LogP contribution in [0.15, 0.2) is 48.5 Å². The van der Waals surface area contributed by atoms with Gasteiger partial charge in [-0.15, -0.1) is 0 Å². The minimum Gasteiger partial charge on any atom is -0.493 e. The Hall–Kier alpha value is -2.29. The summed E-state index contributed by atoms with van der Waals surface area (Å²) < 4.78 is 5.59. The first-order valence-corrected chi connectivity index (χ1v) is 7.35. The number of benzene rings is 2. The predicted molar refractivity (Wildman–Crippen MR) is 84.0 cm³/mol. The van der Waals surface area contributed by atoms with Crippen LogP contribution in [0.5, 0.6) is 5.75 Å². The van der Waals surface area contributed by atoms with Crippen LogP contribution in [0.2, 0.25) is 0 Å². The van der Waals surface area contributed by atoms with Gasteiger partial charge < -0.3 is 9.64 Å². The maximum atomic E-state index is 13.0. The van der Waals surface area contributed by atoms with Gasteiger partial charge in [0.1, 0.15) is 5.75 Å². The molecule has 0 fully saturated rings. The summed E-state index contributed by atoms with van der Waals surface area (Å²) >= 11 is 0. The lowest BCUT2D eigenvalue weighted by atomic mass is 10.1. The van der Waals surface area contributed by atoms with Gasteiger partial charge in [0.15, 0.2) is 0 Å². The van der Waals surface area contributed by atoms with Gasteiger partial charge in [0.05, 0.1) is 12.2 Å². The third-order valence-corrected chi connectivity index (χ3v) is 3.84. The van der Waals surface area contributed by atoms with E-state index in [1.807, 2.05) is 54.3 Å². The van der Waals surface area contributed by atoms with Crippen molar-refractivity contribution in [2.24, 2.45) is 0 Å². The van der Waals surface area contributed by atoms with Crippen molar-refractivity contribution in [2.75, 3.05) is 11.5 Å². The summed E-state index contributed by atoms with van der Waals surface area (Å²) in [6.07, 6.45) is 0.902. The van der Waals surface area contributed by atoms with Crippen LogP contribution in [0.25, 0.3) is 0 Å². The molecule has 0 spiro atoms. The number of hydrogen-bond acceptors (Lipinski definition) is 2. The molecule has 108 valence electrons. The quantitative estimate of drug-likeness (QED) is 0.859. The maximum Gasteiger partial charge on any atom is 0.262 e. The summed E-state index contributed by atoms with van der Waals surface area (Å²) in [5, 5.41) is 0. The lowest BCUT2D eigenvalue weighted by Crippen LogP contribution is -2.35. The van der Waals surface area contributed by atoms with E-state index in [2.05, 4.69) is 13.0 Å². The van der Waals surface area contributed by atoms with E-state index in [9.17, 15) is 4.79 Å². The zero-order valence-corrected chi connectivity index (χ0v) is 12.4. The molecule has 0 saturated carbocycles. The summed E-state index contributed by atoms with van der Waals surface area (Å²) in [6, 6.07) is 15.7. The Morgan fingerprint density at radius 1 is 1.19 bits per heavy atom. The number of nitrogens with zero attached hydrogens (tertiary/aromatic N) is 1. The molecule has 3 rings (SSSR count). The van der Waals surface area contributed by atoms with Crippen molar-refractivity contribution >= 4 is 11.6 Å². The van der Waals surface area contributed by atoms with Crippen LogP contribution in [0.3, 0.4) is 0 Å². The molecule has 0 aromatic heterocycles. The Bertz CT molecular complexity index is 666. The number of amides is 1. The second kappa shape index (κ2) is 5.60. The van der Waals surface area contributed by atoms with Crippen LogP contribution in [0.1, 0.15) is 29.8 Å². The van der Waals surface area contributed by atoms with Gasteiger partial charge in [-0.1, -0.05) is 30.3 Å². The second-order valence-corrected chi connectivity index (χ2v) is 5.29. The van der Waals surface area contributed by atoms with E-state index in [1.54, 1.807) is 0 Å². The SMILES string of the molecule is CCOc1ccccc1C(=O)N1c2ccccc2CC1C. The van der Waals surface area contributed by atoms with E-state index in [0.29, 0.717) is 17.9 Å². The normalized spacial score (nSPS) is 16.7. The standard InChI is InChI=1S/C18H19NO2/c1-3-21-17-11-7-5-9-15(17)18(20)19-13(2)12-14-8-4-6-10-16(14)19/h4-11,13H,3,12H2,1-2H3. The molecule has 3 nitrogen and oxygen atoms in total. The fourth-order valence-electron chi connectivity index (χ4n) is 2.93. The minimum atomic E-state index is 0.0106. The highest BCUT2D eigenvalue weighted by Crippen LogP contribution is 2.34. The molecule has 0 bridgehead atoms. The molecule has 21 heavy (non-hydrogen) atoms. The van der Waals surface area contributed by atoms with Crippen molar-refractivity contribution in [3.05, 3.63) is 59.7 Å². The van der Waals surface area contributed by atoms with E-state index in [0.717, 1.165) is 12.1 Å². The fourth-order valence-corrected chi connectivity index (χ4v) is 2.93. The fraction of sp³-hybridized carbons (Fsp3) is 0.278. The lowest BCUT2D eigenvalue weighted by Gasteiger charge is -2.23. The van der Waals surface area contributed by atoms with E-state index < -0.39 is 0 Å². The molecule has 0 N–H and O–H groups in total. The zero-order valence-electron chi connectivity index (χ0n) is 12.4. The Morgan fingerprint density at radius 2 is 1.90 bits per heavy atom. The van der Waals surface area contributed by atoms with Crippen LogP contribution >= 0.6 is 0 Å². The van der Waals surface area contributed by atoms with Crippen LogP contribution in [0.4, 0.5) is 5.69 Å². The Morgan fingerprint density at radius 3 is 2.71 bits per heavy atom. The monoisotopic (exact) mass is 281 g/mol. The Labute approximate surface area is 125 Å². The van der Waals surface area contributed by atoms with Gasteiger partial charge >= 0.3 is 0 Å². The second-order valence-electron chi connectivity index (χ2n) is 5.29. The molecule has 0 radical (unpaired) electrons. The van der Waals surface area contributed by atoms with Gasteiger partial charge in [-0.25, -0.2) is 0 Å². The third-order valence-electron chi connectivity index (χ3n) is 3.84. The Balaban J connectivity index is 2.00. The minimum absolute atomic E-state index is 0.0106. The van der Waals surface area contributed by atoms with E-state index >= 15 is 0 Å². The number of para-hydroxylation sites is 2. The van der Waals surface area contributed by atoms with Crippen molar-refractivity contribution in [3.8, 4) is 5.75 Å². The summed E-state index contributed by atoms with van der Waals surface area (Å²) in [5.41, 5.74) is 2.87. The van der Waals surface area contributed by atoms with Crippen molar-refractivity contribution in [3.63, 3.8) is 0 Å². The molecular formula is C18H19NO2. The number of ether oxygens (including phenoxy) is 1. The highest BCUT2D eigenvalue weighted by molar-refractivity contribution is 6.09. The van der Waals surface area contributed by atoms with Crippen LogP contribution in [0, 0.1) is 0 Å². The highest BCUT2D eigenvalue weighted by atomic mass is 16.5. The average molecular weight is 281 g/mol. The first kappa shape index (κ1) is 13.7. The summed E-state index contributed by atoms with van der Waals surface area (Å²) in [6.45, 7) is 4.56. The van der Waals surface area contributed by atoms with Crippen molar-refractivity contribution in [2.45, 2.75) is 26.3 Å². The summed E-state index contributed by atoms with van der Waals surface area (Å²) in [4.78, 5) is 14.8. The molecule has 2 aromatic carbocycles. The number of fused-ring (bicyclic) bond motifs is 1. The third kappa shape index (κ3) is 2.40. The molecule has 0 aliphatic carbocycles. The molecule has 1 atom stereocenters. The van der Waals surface area contributed by atoms with E-state index in [1.165, 1.54) is 5.56 Å². The zero-order chi connectivity index (χ0) is 14.8. The molecule has 1 unspecified atom stereocenters. The lowest BCUT2D eigenvalue weighted by molar-refractivity contribution is 0.0978. The number of hydrogen-bond donors (Lipinski definition) is 0. The molecule has 0 saturated heterocycles. The van der Waals surface area contributed by atoms with Crippen LogP contribution < -0.4 is 9.64 Å². The number of carbonyl (C=O) groups is 1. The topological polar surface area (TPSA) is 29.5 Å². The highest BCUT2D eigenvalue weighted by Gasteiger charge is 2.32. The van der Waals surface area contributed by atoms with Crippen LogP contribution in [-0.4, -0.2) is 18.6 Å². The molecule has 3 heteroatoms. The van der Waals surface area contributed by atoms with Gasteiger partial charge in [-0.2, -0.15) is 0 Å². The van der Waals surface area contributed by atoms with E-state index in [-0.39, 0.29) is 11.9 Å². The molecule has 1 heterocycles. The molecule has 1 amide bonds. The van der Waals surface area contributed by atoms with Crippen molar-refractivity contribution in [1.82, 2.24) is 0 Å². The summed E-state index contributed by atoms with van der Waals surface area (Å²) in [7, 11) is 0. The Kier molecular flexibility index (Phi) is 3.65. The molecule has 2 aromatic rings. The molecule has 1 aliphatic rings. The largest absolute Gasteiger partial charge is 0.493 e. The first-order valence-electron chi connectivity index (χ1n) is 7.35. The van der Waals surface area contributed by atoms with E-state index in [4.69, 9.17) is 4.74 Å². The number of rotatable bonds is 3. The smallest absolute Gasteiger partial charge is 0.262 e. The van der Waals surface area contributed by atoms with Gasteiger partial charge in [-0.05, 0) is 44.0 Å². The summed E-state index contributed by atoms with van der Waals surface area (Å²) in [5.74, 6) is 0.665. The van der Waals surface area contributed by atoms with Gasteiger partial charge in [0.25, 0.3) is 5.91 Å². The maximum absolute atomic E-state index is 13.0. The molecule has 1 aliphatic heterocycles. The average Bonchev–Trinajstić information content (AvgIpc) is 2.83. The van der Waals surface area contributed by atoms with Gasteiger partial charge in [0, 0.05) is 11.7 Å². The first-order chi connectivity index (χ1) is 10.2. The number of carbonyl (C=O) groups excluding carboxylic acids is 1. The molecular weight excluding hydrogens is 262 g/mol. The van der Waals surface area contributed by atoms with Gasteiger partial charge in [0.2, 0.25) is 0 Å².